The van der Waals surface area contributed by atoms with Crippen molar-refractivity contribution >= 4 is 46.0 Å². The molecule has 3 aromatic rings. The SMILES string of the molecule is CCCCCN1C(=O)/C(=C/c2cn(-c3ccccc3)nc2-c2cccc([N+](=O)[O-])c2)SC1=S. The highest BCUT2D eigenvalue weighted by Gasteiger charge is 2.32. The zero-order valence-electron chi connectivity index (χ0n) is 18.0. The monoisotopic (exact) mass is 478 g/mol. The van der Waals surface area contributed by atoms with E-state index in [4.69, 9.17) is 17.3 Å². The number of non-ortho nitro benzene ring substituents is 1. The molecule has 33 heavy (non-hydrogen) atoms. The first kappa shape index (κ1) is 22.9. The highest BCUT2D eigenvalue weighted by atomic mass is 32.2. The molecular formula is C24H22N4O3S2. The fourth-order valence-electron chi connectivity index (χ4n) is 3.55. The molecule has 0 unspecified atom stereocenters. The Morgan fingerprint density at radius 3 is 2.67 bits per heavy atom. The fourth-order valence-corrected chi connectivity index (χ4v) is 4.85. The van der Waals surface area contributed by atoms with Crippen LogP contribution in [0.25, 0.3) is 23.0 Å². The Labute approximate surface area is 201 Å². The molecule has 2 aromatic carbocycles. The summed E-state index contributed by atoms with van der Waals surface area (Å²) in [6.45, 7) is 2.72. The summed E-state index contributed by atoms with van der Waals surface area (Å²) in [6, 6.07) is 15.9. The molecule has 0 saturated carbocycles. The highest BCUT2D eigenvalue weighted by Crippen LogP contribution is 2.35. The van der Waals surface area contributed by atoms with E-state index in [0.717, 1.165) is 24.9 Å². The largest absolute Gasteiger partial charge is 0.293 e. The molecule has 0 N–H and O–H groups in total. The number of benzene rings is 2. The molecule has 0 atom stereocenters. The van der Waals surface area contributed by atoms with Gasteiger partial charge in [-0.3, -0.25) is 19.8 Å². The summed E-state index contributed by atoms with van der Waals surface area (Å²) < 4.78 is 2.26. The van der Waals surface area contributed by atoms with Crippen LogP contribution in [-0.4, -0.2) is 36.4 Å². The van der Waals surface area contributed by atoms with E-state index in [1.54, 1.807) is 27.8 Å². The van der Waals surface area contributed by atoms with Crippen LogP contribution in [0.1, 0.15) is 31.7 Å². The molecule has 1 saturated heterocycles. The van der Waals surface area contributed by atoms with Gasteiger partial charge in [-0.05, 0) is 24.6 Å². The Balaban J connectivity index is 1.75. The lowest BCUT2D eigenvalue weighted by Gasteiger charge is -2.13. The van der Waals surface area contributed by atoms with E-state index >= 15 is 0 Å². The van der Waals surface area contributed by atoms with Gasteiger partial charge in [0.25, 0.3) is 11.6 Å². The minimum absolute atomic E-state index is 0.0186. The number of rotatable bonds is 8. The number of aromatic nitrogens is 2. The molecule has 1 fully saturated rings. The number of unbranched alkanes of at least 4 members (excludes halogenated alkanes) is 2. The molecule has 1 amide bonds. The summed E-state index contributed by atoms with van der Waals surface area (Å²) in [4.78, 5) is 26.1. The van der Waals surface area contributed by atoms with Crippen molar-refractivity contribution < 1.29 is 9.72 Å². The predicted molar refractivity (Wildman–Crippen MR) is 135 cm³/mol. The van der Waals surface area contributed by atoms with Crippen molar-refractivity contribution in [3.8, 4) is 16.9 Å². The van der Waals surface area contributed by atoms with E-state index in [0.29, 0.717) is 32.6 Å². The van der Waals surface area contributed by atoms with Gasteiger partial charge in [0, 0.05) is 36.0 Å². The van der Waals surface area contributed by atoms with Gasteiger partial charge in [0.15, 0.2) is 0 Å². The molecule has 1 aromatic heterocycles. The molecule has 9 heteroatoms. The molecule has 0 aliphatic carbocycles. The van der Waals surface area contributed by atoms with E-state index in [9.17, 15) is 14.9 Å². The van der Waals surface area contributed by atoms with Gasteiger partial charge >= 0.3 is 0 Å². The Morgan fingerprint density at radius 1 is 1.15 bits per heavy atom. The summed E-state index contributed by atoms with van der Waals surface area (Å²) in [5, 5.41) is 16.0. The fraction of sp³-hybridized carbons (Fsp3) is 0.208. The third-order valence-corrected chi connectivity index (χ3v) is 6.62. The van der Waals surface area contributed by atoms with Gasteiger partial charge in [-0.1, -0.05) is 74.1 Å². The lowest BCUT2D eigenvalue weighted by molar-refractivity contribution is -0.384. The third kappa shape index (κ3) is 5.04. The maximum Gasteiger partial charge on any atom is 0.270 e. The standard InChI is InChI=1S/C24H22N4O3S2/c1-2-3-7-13-26-23(29)21(33-24(26)32)15-18-16-27(19-10-5-4-6-11-19)25-22(18)17-9-8-12-20(14-17)28(30)31/h4-6,8-12,14-16H,2-3,7,13H2,1H3/b21-15-. The highest BCUT2D eigenvalue weighted by molar-refractivity contribution is 8.26. The van der Waals surface area contributed by atoms with Crippen LogP contribution < -0.4 is 0 Å². The van der Waals surface area contributed by atoms with E-state index in [1.165, 1.54) is 23.9 Å². The Hall–Kier alpha value is -3.30. The second-order valence-corrected chi connectivity index (χ2v) is 9.24. The Kier molecular flexibility index (Phi) is 7.00. The van der Waals surface area contributed by atoms with Crippen LogP contribution in [0.5, 0.6) is 0 Å². The number of hydrogen-bond acceptors (Lipinski definition) is 6. The Morgan fingerprint density at radius 2 is 1.94 bits per heavy atom. The average molecular weight is 479 g/mol. The van der Waals surface area contributed by atoms with Crippen LogP contribution in [0.15, 0.2) is 65.7 Å². The van der Waals surface area contributed by atoms with Gasteiger partial charge < -0.3 is 0 Å². The Bertz CT molecular complexity index is 1240. The number of nitrogens with zero attached hydrogens (tertiary/aromatic N) is 4. The number of carbonyl (C=O) groups excluding carboxylic acids is 1. The smallest absolute Gasteiger partial charge is 0.270 e. The minimum atomic E-state index is -0.432. The first-order chi connectivity index (χ1) is 16.0. The van der Waals surface area contributed by atoms with E-state index in [2.05, 4.69) is 6.92 Å². The van der Waals surface area contributed by atoms with Crippen molar-refractivity contribution in [1.29, 1.82) is 0 Å². The van der Waals surface area contributed by atoms with Crippen LogP contribution in [-0.2, 0) is 4.79 Å². The maximum atomic E-state index is 13.0. The molecule has 0 spiro atoms. The van der Waals surface area contributed by atoms with E-state index in [-0.39, 0.29) is 11.6 Å². The lowest BCUT2D eigenvalue weighted by Crippen LogP contribution is -2.28. The second kappa shape index (κ2) is 10.1. The molecule has 4 rings (SSSR count). The number of nitro benzene ring substituents is 1. The van der Waals surface area contributed by atoms with Crippen LogP contribution in [0.3, 0.4) is 0 Å². The van der Waals surface area contributed by atoms with Crippen molar-refractivity contribution in [2.45, 2.75) is 26.2 Å². The molecule has 2 heterocycles. The van der Waals surface area contributed by atoms with Crippen molar-refractivity contribution in [3.63, 3.8) is 0 Å². The molecular weight excluding hydrogens is 456 g/mol. The third-order valence-electron chi connectivity index (χ3n) is 5.24. The summed E-state index contributed by atoms with van der Waals surface area (Å²) in [5.74, 6) is -0.112. The van der Waals surface area contributed by atoms with Crippen molar-refractivity contribution in [1.82, 2.24) is 14.7 Å². The van der Waals surface area contributed by atoms with Crippen molar-refractivity contribution in [3.05, 3.63) is 81.4 Å². The van der Waals surface area contributed by atoms with Gasteiger partial charge in [0.2, 0.25) is 0 Å². The molecule has 168 valence electrons. The molecule has 0 bridgehead atoms. The van der Waals surface area contributed by atoms with Crippen LogP contribution in [0, 0.1) is 10.1 Å². The molecule has 0 radical (unpaired) electrons. The quantitative estimate of drug-likeness (QED) is 0.133. The normalized spacial score (nSPS) is 14.9. The predicted octanol–water partition coefficient (Wildman–Crippen LogP) is 5.84. The van der Waals surface area contributed by atoms with E-state index < -0.39 is 4.92 Å². The summed E-state index contributed by atoms with van der Waals surface area (Å²) in [6.07, 6.45) is 6.61. The topological polar surface area (TPSA) is 81.3 Å². The molecule has 7 nitrogen and oxygen atoms in total. The van der Waals surface area contributed by atoms with Crippen molar-refractivity contribution in [2.24, 2.45) is 0 Å². The number of hydrogen-bond donors (Lipinski definition) is 0. The van der Waals surface area contributed by atoms with Gasteiger partial charge in [0.1, 0.15) is 10.0 Å². The summed E-state index contributed by atoms with van der Waals surface area (Å²) in [5.41, 5.74) is 2.67. The lowest BCUT2D eigenvalue weighted by atomic mass is 10.1. The number of thiocarbonyl (C=S) groups is 1. The number of para-hydroxylation sites is 1. The van der Waals surface area contributed by atoms with Crippen LogP contribution >= 0.6 is 24.0 Å². The summed E-state index contributed by atoms with van der Waals surface area (Å²) >= 11 is 6.72. The van der Waals surface area contributed by atoms with Crippen LogP contribution in [0.2, 0.25) is 0 Å². The van der Waals surface area contributed by atoms with Gasteiger partial charge in [-0.15, -0.1) is 0 Å². The average Bonchev–Trinajstić information content (AvgIpc) is 3.36. The van der Waals surface area contributed by atoms with Gasteiger partial charge in [0.05, 0.1) is 15.5 Å². The van der Waals surface area contributed by atoms with Crippen molar-refractivity contribution in [2.75, 3.05) is 6.54 Å². The summed E-state index contributed by atoms with van der Waals surface area (Å²) in [7, 11) is 0. The zero-order valence-corrected chi connectivity index (χ0v) is 19.6. The minimum Gasteiger partial charge on any atom is -0.293 e. The second-order valence-electron chi connectivity index (χ2n) is 7.56. The van der Waals surface area contributed by atoms with Crippen LogP contribution in [0.4, 0.5) is 5.69 Å². The number of carbonyl (C=O) groups is 1. The zero-order chi connectivity index (χ0) is 23.4. The molecule has 1 aliphatic rings. The first-order valence-corrected chi connectivity index (χ1v) is 11.9. The maximum absolute atomic E-state index is 13.0. The molecule has 1 aliphatic heterocycles. The van der Waals surface area contributed by atoms with Gasteiger partial charge in [-0.2, -0.15) is 5.10 Å². The van der Waals surface area contributed by atoms with Gasteiger partial charge in [-0.25, -0.2) is 4.68 Å². The number of nitro groups is 1. The first-order valence-electron chi connectivity index (χ1n) is 10.6. The number of amides is 1. The number of thioether (sulfide) groups is 1. The van der Waals surface area contributed by atoms with E-state index in [1.807, 2.05) is 36.5 Å².